The molecular weight excluding hydrogens is 260 g/mol. The largest absolute Gasteiger partial charge is 0.362 e. The lowest BCUT2D eigenvalue weighted by Crippen LogP contribution is -2.46. The van der Waals surface area contributed by atoms with Crippen molar-refractivity contribution in [3.05, 3.63) is 22.4 Å². The van der Waals surface area contributed by atoms with Crippen LogP contribution in [0.4, 0.5) is 0 Å². The van der Waals surface area contributed by atoms with Crippen LogP contribution < -0.4 is 5.32 Å². The summed E-state index contributed by atoms with van der Waals surface area (Å²) in [5, 5.41) is 6.86. The number of amidine groups is 1. The van der Waals surface area contributed by atoms with E-state index >= 15 is 0 Å². The molecule has 100 valence electrons. The Morgan fingerprint density at radius 3 is 2.94 bits per heavy atom. The third-order valence-corrected chi connectivity index (χ3v) is 5.08. The topological polar surface area (TPSA) is 24.4 Å². The summed E-state index contributed by atoms with van der Waals surface area (Å²) in [6.45, 7) is 7.78. The van der Waals surface area contributed by atoms with Crippen molar-refractivity contribution in [1.29, 1.82) is 0 Å². The molecule has 18 heavy (non-hydrogen) atoms. The average Bonchev–Trinajstić information content (AvgIpc) is 2.81. The summed E-state index contributed by atoms with van der Waals surface area (Å²) in [5.41, 5.74) is 0.315. The fourth-order valence-electron chi connectivity index (χ4n) is 2.00. The molecule has 1 aromatic rings. The number of rotatable bonds is 3. The highest BCUT2D eigenvalue weighted by Crippen LogP contribution is 2.27. The molecule has 0 saturated carbocycles. The van der Waals surface area contributed by atoms with Crippen LogP contribution in [0, 0.1) is 5.41 Å². The first-order valence-corrected chi connectivity index (χ1v) is 8.38. The Kier molecular flexibility index (Phi) is 4.73. The highest BCUT2D eigenvalue weighted by molar-refractivity contribution is 8.13. The van der Waals surface area contributed by atoms with Gasteiger partial charge in [0.15, 0.2) is 5.17 Å². The van der Waals surface area contributed by atoms with Crippen molar-refractivity contribution in [3.8, 4) is 0 Å². The fraction of sp³-hybridized carbons (Fsp3) is 0.643. The van der Waals surface area contributed by atoms with E-state index in [0.29, 0.717) is 11.5 Å². The molecule has 0 aromatic carbocycles. The highest BCUT2D eigenvalue weighted by atomic mass is 32.2. The molecule has 4 heteroatoms. The lowest BCUT2D eigenvalue weighted by atomic mass is 9.85. The average molecular weight is 282 g/mol. The van der Waals surface area contributed by atoms with Crippen LogP contribution in [0.3, 0.4) is 0 Å². The van der Waals surface area contributed by atoms with E-state index in [1.165, 1.54) is 17.1 Å². The summed E-state index contributed by atoms with van der Waals surface area (Å²) in [6.07, 6.45) is 2.29. The molecule has 2 rings (SSSR count). The van der Waals surface area contributed by atoms with Gasteiger partial charge in [0.05, 0.1) is 0 Å². The number of aliphatic imine (C=N–C) groups is 1. The first-order valence-electron chi connectivity index (χ1n) is 6.52. The van der Waals surface area contributed by atoms with E-state index in [-0.39, 0.29) is 0 Å². The third kappa shape index (κ3) is 4.02. The Labute approximate surface area is 118 Å². The van der Waals surface area contributed by atoms with Crippen LogP contribution in [0.1, 0.15) is 32.1 Å². The van der Waals surface area contributed by atoms with Gasteiger partial charge in [-0.3, -0.25) is 4.99 Å². The zero-order chi connectivity index (χ0) is 13.0. The van der Waals surface area contributed by atoms with Crippen molar-refractivity contribution in [1.82, 2.24) is 5.32 Å². The molecule has 1 atom stereocenters. The third-order valence-electron chi connectivity index (χ3n) is 3.18. The van der Waals surface area contributed by atoms with Gasteiger partial charge in [-0.2, -0.15) is 0 Å². The normalized spacial score (nSPS) is 23.1. The van der Waals surface area contributed by atoms with Crippen LogP contribution >= 0.6 is 23.1 Å². The van der Waals surface area contributed by atoms with Gasteiger partial charge < -0.3 is 5.32 Å². The molecule has 0 aliphatic carbocycles. The molecule has 1 unspecified atom stereocenters. The van der Waals surface area contributed by atoms with Crippen molar-refractivity contribution in [2.45, 2.75) is 39.7 Å². The minimum Gasteiger partial charge on any atom is -0.362 e. The summed E-state index contributed by atoms with van der Waals surface area (Å²) in [5.74, 6) is 1.19. The second-order valence-electron chi connectivity index (χ2n) is 5.72. The van der Waals surface area contributed by atoms with Crippen molar-refractivity contribution < 1.29 is 0 Å². The summed E-state index contributed by atoms with van der Waals surface area (Å²) in [6, 6.07) is 4.85. The zero-order valence-corrected chi connectivity index (χ0v) is 13.0. The Morgan fingerprint density at radius 1 is 1.44 bits per heavy atom. The van der Waals surface area contributed by atoms with Crippen LogP contribution in [0.2, 0.25) is 0 Å². The molecule has 1 aromatic heterocycles. The van der Waals surface area contributed by atoms with Crippen LogP contribution in [0.15, 0.2) is 22.5 Å². The first-order chi connectivity index (χ1) is 8.55. The molecule has 0 radical (unpaired) electrons. The van der Waals surface area contributed by atoms with Crippen molar-refractivity contribution in [2.75, 3.05) is 12.3 Å². The lowest BCUT2D eigenvalue weighted by molar-refractivity contribution is 0.290. The minimum atomic E-state index is 0.315. The molecule has 0 spiro atoms. The lowest BCUT2D eigenvalue weighted by Gasteiger charge is -2.35. The first kappa shape index (κ1) is 13.9. The van der Waals surface area contributed by atoms with E-state index in [9.17, 15) is 0 Å². The molecule has 2 nitrogen and oxygen atoms in total. The van der Waals surface area contributed by atoms with Gasteiger partial charge in [0.25, 0.3) is 0 Å². The van der Waals surface area contributed by atoms with Gasteiger partial charge in [-0.1, -0.05) is 38.6 Å². The summed E-state index contributed by atoms with van der Waals surface area (Å²) in [4.78, 5) is 6.12. The van der Waals surface area contributed by atoms with Crippen LogP contribution in [0.5, 0.6) is 0 Å². The van der Waals surface area contributed by atoms with Gasteiger partial charge in [0.2, 0.25) is 0 Å². The SMILES string of the molecule is CC(C)(C)C1CCSC(=NCCc2cccs2)N1. The van der Waals surface area contributed by atoms with Gasteiger partial charge in [0, 0.05) is 29.6 Å². The molecule has 1 fully saturated rings. The molecule has 0 bridgehead atoms. The number of thiophene rings is 1. The number of nitrogens with one attached hydrogen (secondary N) is 1. The second-order valence-corrected chi connectivity index (χ2v) is 7.83. The van der Waals surface area contributed by atoms with Gasteiger partial charge in [-0.05, 0) is 23.3 Å². The zero-order valence-electron chi connectivity index (χ0n) is 11.4. The van der Waals surface area contributed by atoms with Gasteiger partial charge in [-0.15, -0.1) is 11.3 Å². The Hall–Kier alpha value is -0.480. The van der Waals surface area contributed by atoms with Crippen LogP contribution in [-0.4, -0.2) is 23.5 Å². The summed E-state index contributed by atoms with van der Waals surface area (Å²) >= 11 is 3.68. The number of thioether (sulfide) groups is 1. The molecule has 1 aliphatic rings. The smallest absolute Gasteiger partial charge is 0.156 e. The second kappa shape index (κ2) is 6.11. The summed E-state index contributed by atoms with van der Waals surface area (Å²) in [7, 11) is 0. The molecular formula is C14H22N2S2. The maximum absolute atomic E-state index is 4.70. The van der Waals surface area contributed by atoms with E-state index < -0.39 is 0 Å². The predicted molar refractivity (Wildman–Crippen MR) is 83.8 cm³/mol. The monoisotopic (exact) mass is 282 g/mol. The Bertz CT molecular complexity index is 390. The van der Waals surface area contributed by atoms with E-state index in [0.717, 1.165) is 18.1 Å². The van der Waals surface area contributed by atoms with Crippen molar-refractivity contribution >= 4 is 28.3 Å². The van der Waals surface area contributed by atoms with Gasteiger partial charge >= 0.3 is 0 Å². The maximum Gasteiger partial charge on any atom is 0.156 e. The maximum atomic E-state index is 4.70. The molecule has 2 heterocycles. The highest BCUT2D eigenvalue weighted by Gasteiger charge is 2.28. The van der Waals surface area contributed by atoms with Crippen LogP contribution in [-0.2, 0) is 6.42 Å². The Morgan fingerprint density at radius 2 is 2.28 bits per heavy atom. The van der Waals surface area contributed by atoms with E-state index in [4.69, 9.17) is 4.99 Å². The molecule has 1 aliphatic heterocycles. The molecule has 0 amide bonds. The van der Waals surface area contributed by atoms with Crippen LogP contribution in [0.25, 0.3) is 0 Å². The molecule has 1 saturated heterocycles. The molecule has 1 N–H and O–H groups in total. The number of hydrogen-bond donors (Lipinski definition) is 1. The summed E-state index contributed by atoms with van der Waals surface area (Å²) < 4.78 is 0. The van der Waals surface area contributed by atoms with E-state index in [1.54, 1.807) is 0 Å². The predicted octanol–water partition coefficient (Wildman–Crippen LogP) is 3.79. The van der Waals surface area contributed by atoms with E-state index in [1.807, 2.05) is 23.1 Å². The minimum absolute atomic E-state index is 0.315. The van der Waals surface area contributed by atoms with Crippen molar-refractivity contribution in [3.63, 3.8) is 0 Å². The van der Waals surface area contributed by atoms with E-state index in [2.05, 4.69) is 43.6 Å². The Balaban J connectivity index is 1.85. The fourth-order valence-corrected chi connectivity index (χ4v) is 3.65. The standard InChI is InChI=1S/C14H22N2S2/c1-14(2,3)12-7-10-18-13(16-12)15-8-6-11-5-4-9-17-11/h4-5,9,12H,6-8,10H2,1-3H3,(H,15,16). The van der Waals surface area contributed by atoms with Gasteiger partial charge in [0.1, 0.15) is 0 Å². The number of hydrogen-bond acceptors (Lipinski definition) is 3. The quantitative estimate of drug-likeness (QED) is 0.912. The number of nitrogens with zero attached hydrogens (tertiary/aromatic N) is 1. The van der Waals surface area contributed by atoms with Gasteiger partial charge in [-0.25, -0.2) is 0 Å². The van der Waals surface area contributed by atoms with Crippen molar-refractivity contribution in [2.24, 2.45) is 10.4 Å².